The first-order valence-corrected chi connectivity index (χ1v) is 6.98. The van der Waals surface area contributed by atoms with Crippen LogP contribution in [0.5, 0.6) is 0 Å². The fourth-order valence-corrected chi connectivity index (χ4v) is 2.53. The summed E-state index contributed by atoms with van der Waals surface area (Å²) in [6, 6.07) is 0. The molecule has 0 bridgehead atoms. The predicted molar refractivity (Wildman–Crippen MR) is 77.1 cm³/mol. The average Bonchev–Trinajstić information content (AvgIpc) is 2.42. The number of rotatable bonds is 3. The third kappa shape index (κ3) is 2.80. The zero-order chi connectivity index (χ0) is 14.9. The third-order valence-electron chi connectivity index (χ3n) is 3.25. The van der Waals surface area contributed by atoms with E-state index in [2.05, 4.69) is 0 Å². The number of imide groups is 2. The Balaban J connectivity index is 2.03. The minimum atomic E-state index is -0.504. The molecule has 8 heteroatoms. The summed E-state index contributed by atoms with van der Waals surface area (Å²) < 4.78 is 0. The lowest BCUT2D eigenvalue weighted by atomic mass is 10.1. The molecule has 0 atom stereocenters. The van der Waals surface area contributed by atoms with Gasteiger partial charge in [0.15, 0.2) is 0 Å². The Morgan fingerprint density at radius 1 is 0.700 bits per heavy atom. The Morgan fingerprint density at radius 2 is 1.05 bits per heavy atom. The van der Waals surface area contributed by atoms with Crippen LogP contribution >= 0.6 is 24.4 Å². The molecule has 2 aliphatic rings. The van der Waals surface area contributed by atoms with E-state index in [4.69, 9.17) is 24.4 Å². The van der Waals surface area contributed by atoms with Crippen molar-refractivity contribution in [3.63, 3.8) is 0 Å². The molecule has 0 saturated carbocycles. The number of thiocarbonyl (C=S) groups is 2. The van der Waals surface area contributed by atoms with Crippen molar-refractivity contribution >= 4 is 57.8 Å². The number of nitrogens with zero attached hydrogens (tertiary/aromatic N) is 2. The fourth-order valence-electron chi connectivity index (χ4n) is 2.10. The van der Waals surface area contributed by atoms with E-state index in [1.54, 1.807) is 0 Å². The molecule has 0 unspecified atom stereocenters. The van der Waals surface area contributed by atoms with Crippen LogP contribution in [0.15, 0.2) is 0 Å². The van der Waals surface area contributed by atoms with Crippen LogP contribution in [-0.2, 0) is 19.2 Å². The molecule has 2 aliphatic heterocycles. The van der Waals surface area contributed by atoms with Crippen molar-refractivity contribution in [1.82, 2.24) is 9.80 Å². The lowest BCUT2D eigenvalue weighted by molar-refractivity contribution is -0.147. The SMILES string of the molecule is O=C1CCC(=S)C(=O)N1CCN1C(=O)CCC(=S)C1=O. The number of likely N-dealkylation sites (tertiary alicyclic amines) is 2. The van der Waals surface area contributed by atoms with Crippen LogP contribution in [0.4, 0.5) is 0 Å². The van der Waals surface area contributed by atoms with Gasteiger partial charge in [0, 0.05) is 25.9 Å². The standard InChI is InChI=1S/C12H12N2O4S2/c15-9-3-1-7(19)11(17)13(9)5-6-14-10(16)4-2-8(20)12(14)18/h1-6H2. The molecular formula is C12H12N2O4S2. The summed E-state index contributed by atoms with van der Waals surface area (Å²) in [6.45, 7) is -0.0597. The predicted octanol–water partition coefficient (Wildman–Crippen LogP) is 0.0242. The monoisotopic (exact) mass is 312 g/mol. The molecule has 2 fully saturated rings. The van der Waals surface area contributed by atoms with Crippen LogP contribution in [0, 0.1) is 0 Å². The quantitative estimate of drug-likeness (QED) is 0.540. The van der Waals surface area contributed by atoms with E-state index in [0.29, 0.717) is 0 Å². The molecule has 6 nitrogen and oxygen atoms in total. The maximum absolute atomic E-state index is 11.8. The minimum absolute atomic E-state index is 0.0299. The second kappa shape index (κ2) is 5.84. The summed E-state index contributed by atoms with van der Waals surface area (Å²) in [5.74, 6) is -1.67. The average molecular weight is 312 g/mol. The molecule has 0 spiro atoms. The fraction of sp³-hybridized carbons (Fsp3) is 0.500. The van der Waals surface area contributed by atoms with E-state index < -0.39 is 11.8 Å². The van der Waals surface area contributed by atoms with Gasteiger partial charge in [-0.2, -0.15) is 0 Å². The Bertz CT molecular complexity index is 496. The Labute approximate surface area is 126 Å². The van der Waals surface area contributed by atoms with Crippen LogP contribution < -0.4 is 0 Å². The number of carbonyl (C=O) groups excluding carboxylic acids is 4. The lowest BCUT2D eigenvalue weighted by Crippen LogP contribution is -2.52. The van der Waals surface area contributed by atoms with Crippen molar-refractivity contribution in [1.29, 1.82) is 0 Å². The first-order chi connectivity index (χ1) is 9.41. The van der Waals surface area contributed by atoms with Crippen molar-refractivity contribution in [2.45, 2.75) is 25.7 Å². The first kappa shape index (κ1) is 14.9. The molecule has 0 N–H and O–H groups in total. The van der Waals surface area contributed by atoms with Gasteiger partial charge in [-0.25, -0.2) is 0 Å². The van der Waals surface area contributed by atoms with Crippen molar-refractivity contribution in [2.24, 2.45) is 0 Å². The van der Waals surface area contributed by atoms with Crippen molar-refractivity contribution in [3.05, 3.63) is 0 Å². The van der Waals surface area contributed by atoms with Gasteiger partial charge in [-0.1, -0.05) is 24.4 Å². The molecule has 106 valence electrons. The Morgan fingerprint density at radius 3 is 1.40 bits per heavy atom. The second-order valence-corrected chi connectivity index (χ2v) is 5.53. The van der Waals surface area contributed by atoms with E-state index in [9.17, 15) is 19.2 Å². The van der Waals surface area contributed by atoms with E-state index in [1.165, 1.54) is 0 Å². The van der Waals surface area contributed by atoms with E-state index in [-0.39, 0.29) is 60.3 Å². The normalized spacial score (nSPS) is 21.0. The molecule has 2 heterocycles. The van der Waals surface area contributed by atoms with Gasteiger partial charge >= 0.3 is 0 Å². The summed E-state index contributed by atoms with van der Waals surface area (Å²) >= 11 is 9.76. The second-order valence-electron chi connectivity index (χ2n) is 4.55. The van der Waals surface area contributed by atoms with Gasteiger partial charge in [-0.3, -0.25) is 29.0 Å². The van der Waals surface area contributed by atoms with Crippen LogP contribution in [0.2, 0.25) is 0 Å². The summed E-state index contributed by atoms with van der Waals surface area (Å²) in [6.07, 6.45) is 0.945. The van der Waals surface area contributed by atoms with Gasteiger partial charge in [-0.15, -0.1) is 0 Å². The minimum Gasteiger partial charge on any atom is -0.276 e. The molecule has 0 aromatic heterocycles. The van der Waals surface area contributed by atoms with Gasteiger partial charge in [0.05, 0.1) is 9.73 Å². The molecule has 0 aliphatic carbocycles. The van der Waals surface area contributed by atoms with Crippen molar-refractivity contribution in [3.8, 4) is 0 Å². The highest BCUT2D eigenvalue weighted by Crippen LogP contribution is 2.14. The number of hydrogen-bond donors (Lipinski definition) is 0. The Hall–Kier alpha value is -1.54. The third-order valence-corrected chi connectivity index (χ3v) is 4.01. The first-order valence-electron chi connectivity index (χ1n) is 6.17. The van der Waals surface area contributed by atoms with Gasteiger partial charge in [0.1, 0.15) is 0 Å². The van der Waals surface area contributed by atoms with E-state index in [0.717, 1.165) is 9.80 Å². The van der Waals surface area contributed by atoms with Crippen LogP contribution in [-0.4, -0.2) is 56.2 Å². The van der Waals surface area contributed by atoms with Crippen LogP contribution in [0.1, 0.15) is 25.7 Å². The molecular weight excluding hydrogens is 300 g/mol. The highest BCUT2D eigenvalue weighted by molar-refractivity contribution is 7.82. The van der Waals surface area contributed by atoms with Crippen LogP contribution in [0.25, 0.3) is 0 Å². The highest BCUT2D eigenvalue weighted by Gasteiger charge is 2.33. The molecule has 0 radical (unpaired) electrons. The van der Waals surface area contributed by atoms with E-state index in [1.807, 2.05) is 0 Å². The van der Waals surface area contributed by atoms with Gasteiger partial charge < -0.3 is 0 Å². The molecule has 2 saturated heterocycles. The Kier molecular flexibility index (Phi) is 4.34. The van der Waals surface area contributed by atoms with Gasteiger partial charge in [-0.05, 0) is 12.8 Å². The number of piperidine rings is 2. The smallest absolute Gasteiger partial charge is 0.267 e. The summed E-state index contributed by atoms with van der Waals surface area (Å²) in [7, 11) is 0. The lowest BCUT2D eigenvalue weighted by Gasteiger charge is -2.30. The topological polar surface area (TPSA) is 74.8 Å². The number of hydrogen-bond acceptors (Lipinski definition) is 6. The van der Waals surface area contributed by atoms with Gasteiger partial charge in [0.25, 0.3) is 11.8 Å². The van der Waals surface area contributed by atoms with Crippen molar-refractivity contribution < 1.29 is 19.2 Å². The molecule has 2 rings (SSSR count). The number of amides is 4. The molecule has 4 amide bonds. The molecule has 20 heavy (non-hydrogen) atoms. The summed E-state index contributed by atoms with van der Waals surface area (Å²) in [5, 5.41) is 0. The number of carbonyl (C=O) groups is 4. The zero-order valence-corrected chi connectivity index (χ0v) is 12.2. The molecule has 0 aromatic carbocycles. The van der Waals surface area contributed by atoms with Crippen molar-refractivity contribution in [2.75, 3.05) is 13.1 Å². The van der Waals surface area contributed by atoms with Gasteiger partial charge in [0.2, 0.25) is 11.8 Å². The largest absolute Gasteiger partial charge is 0.276 e. The summed E-state index contributed by atoms with van der Waals surface area (Å²) in [4.78, 5) is 49.4. The molecule has 0 aromatic rings. The highest BCUT2D eigenvalue weighted by atomic mass is 32.1. The maximum Gasteiger partial charge on any atom is 0.267 e. The summed E-state index contributed by atoms with van der Waals surface area (Å²) in [5.41, 5.74) is 0. The maximum atomic E-state index is 11.8. The van der Waals surface area contributed by atoms with E-state index >= 15 is 0 Å². The zero-order valence-electron chi connectivity index (χ0n) is 10.6. The van der Waals surface area contributed by atoms with Crippen LogP contribution in [0.3, 0.4) is 0 Å².